The van der Waals surface area contributed by atoms with Crippen molar-refractivity contribution >= 4 is 21.9 Å². The van der Waals surface area contributed by atoms with Gasteiger partial charge in [-0.05, 0) is 26.0 Å². The highest BCUT2D eigenvalue weighted by molar-refractivity contribution is 7.87. The fourth-order valence-corrected chi connectivity index (χ4v) is 3.63. The minimum Gasteiger partial charge on any atom is -0.480 e. The van der Waals surface area contributed by atoms with Gasteiger partial charge >= 0.3 is 5.97 Å². The van der Waals surface area contributed by atoms with Crippen LogP contribution in [0.3, 0.4) is 0 Å². The zero-order valence-electron chi connectivity index (χ0n) is 12.7. The number of nitrogens with zero attached hydrogens (tertiary/aromatic N) is 2. The second-order valence-corrected chi connectivity index (χ2v) is 7.11. The van der Waals surface area contributed by atoms with Crippen LogP contribution in [0, 0.1) is 6.92 Å². The Kier molecular flexibility index (Phi) is 5.05. The number of nitrogens with one attached hydrogen (secondary N) is 1. The van der Waals surface area contributed by atoms with Crippen molar-refractivity contribution in [2.75, 3.05) is 31.1 Å². The number of benzene rings is 1. The highest BCUT2D eigenvalue weighted by atomic mass is 32.2. The van der Waals surface area contributed by atoms with E-state index < -0.39 is 22.2 Å². The lowest BCUT2D eigenvalue weighted by Gasteiger charge is -2.35. The van der Waals surface area contributed by atoms with Crippen LogP contribution in [0.4, 0.5) is 5.69 Å². The van der Waals surface area contributed by atoms with E-state index >= 15 is 0 Å². The third-order valence-electron chi connectivity index (χ3n) is 3.67. The fraction of sp³-hybridized carbons (Fsp3) is 0.500. The first-order valence-electron chi connectivity index (χ1n) is 7.11. The van der Waals surface area contributed by atoms with E-state index in [4.69, 9.17) is 5.11 Å². The molecule has 1 aliphatic heterocycles. The van der Waals surface area contributed by atoms with Crippen molar-refractivity contribution in [2.24, 2.45) is 0 Å². The average Bonchev–Trinajstić information content (AvgIpc) is 2.47. The standard InChI is InChI=1S/C14H21N3O4S/c1-11-3-5-13(6-4-11)16-7-9-17(10-8-16)22(20,21)15-12(2)14(18)19/h3-6,12,15H,7-10H2,1-2H3,(H,18,19)/t12-/m1/s1. The van der Waals surface area contributed by atoms with E-state index in [1.165, 1.54) is 16.8 Å². The van der Waals surface area contributed by atoms with Crippen LogP contribution < -0.4 is 9.62 Å². The molecule has 0 unspecified atom stereocenters. The second-order valence-electron chi connectivity index (χ2n) is 5.40. The first kappa shape index (κ1) is 16.7. The molecule has 2 N–H and O–H groups in total. The maximum Gasteiger partial charge on any atom is 0.321 e. The smallest absolute Gasteiger partial charge is 0.321 e. The van der Waals surface area contributed by atoms with Gasteiger partial charge < -0.3 is 10.0 Å². The summed E-state index contributed by atoms with van der Waals surface area (Å²) in [7, 11) is -3.76. The maximum atomic E-state index is 12.1. The number of carbonyl (C=O) groups is 1. The third kappa shape index (κ3) is 3.96. The van der Waals surface area contributed by atoms with E-state index in [9.17, 15) is 13.2 Å². The van der Waals surface area contributed by atoms with Crippen LogP contribution in [0.15, 0.2) is 24.3 Å². The zero-order chi connectivity index (χ0) is 16.3. The number of hydrogen-bond acceptors (Lipinski definition) is 4. The first-order valence-corrected chi connectivity index (χ1v) is 8.55. The van der Waals surface area contributed by atoms with Crippen LogP contribution in [0.25, 0.3) is 0 Å². The summed E-state index contributed by atoms with van der Waals surface area (Å²) in [5.74, 6) is -1.19. The monoisotopic (exact) mass is 327 g/mol. The van der Waals surface area contributed by atoms with Crippen molar-refractivity contribution in [2.45, 2.75) is 19.9 Å². The Balaban J connectivity index is 1.96. The average molecular weight is 327 g/mol. The molecule has 0 radical (unpaired) electrons. The predicted octanol–water partition coefficient (Wildman–Crippen LogP) is 0.425. The molecule has 1 fully saturated rings. The summed E-state index contributed by atoms with van der Waals surface area (Å²) in [6, 6.07) is 6.94. The van der Waals surface area contributed by atoms with Crippen molar-refractivity contribution in [1.29, 1.82) is 0 Å². The Morgan fingerprint density at radius 2 is 1.73 bits per heavy atom. The van der Waals surface area contributed by atoms with E-state index in [1.54, 1.807) is 0 Å². The normalized spacial score (nSPS) is 18.2. The predicted molar refractivity (Wildman–Crippen MR) is 84.1 cm³/mol. The number of aliphatic carboxylic acids is 1. The summed E-state index contributed by atoms with van der Waals surface area (Å²) in [6.07, 6.45) is 0. The van der Waals surface area contributed by atoms with Crippen molar-refractivity contribution in [3.63, 3.8) is 0 Å². The molecule has 0 amide bonds. The minimum absolute atomic E-state index is 0.329. The zero-order valence-corrected chi connectivity index (χ0v) is 13.5. The summed E-state index contributed by atoms with van der Waals surface area (Å²) in [4.78, 5) is 12.9. The van der Waals surface area contributed by atoms with Gasteiger partial charge in [0.1, 0.15) is 6.04 Å². The van der Waals surface area contributed by atoms with Gasteiger partial charge in [-0.25, -0.2) is 0 Å². The number of piperazine rings is 1. The molecule has 7 nitrogen and oxygen atoms in total. The third-order valence-corrected chi connectivity index (χ3v) is 5.37. The molecule has 122 valence electrons. The van der Waals surface area contributed by atoms with Crippen LogP contribution in [0.5, 0.6) is 0 Å². The molecule has 1 aliphatic rings. The molecule has 1 aromatic carbocycles. The van der Waals surface area contributed by atoms with Gasteiger partial charge in [-0.15, -0.1) is 0 Å². The van der Waals surface area contributed by atoms with Gasteiger partial charge in [0, 0.05) is 31.9 Å². The number of anilines is 1. The van der Waals surface area contributed by atoms with Crippen LogP contribution >= 0.6 is 0 Å². The molecule has 1 atom stereocenters. The molecule has 22 heavy (non-hydrogen) atoms. The molecule has 0 bridgehead atoms. The van der Waals surface area contributed by atoms with Crippen LogP contribution in [-0.2, 0) is 15.0 Å². The van der Waals surface area contributed by atoms with Crippen molar-refractivity contribution in [1.82, 2.24) is 9.03 Å². The SMILES string of the molecule is Cc1ccc(N2CCN(S(=O)(=O)N[C@H](C)C(=O)O)CC2)cc1. The van der Waals surface area contributed by atoms with E-state index in [-0.39, 0.29) is 0 Å². The topological polar surface area (TPSA) is 90.0 Å². The Labute approximate surface area is 130 Å². The molecule has 8 heteroatoms. The Hall–Kier alpha value is -1.64. The molecular formula is C14H21N3O4S. The van der Waals surface area contributed by atoms with Crippen LogP contribution in [0.1, 0.15) is 12.5 Å². The number of carboxylic acid groups (broad SMARTS) is 1. The van der Waals surface area contributed by atoms with Crippen molar-refractivity contribution in [3.05, 3.63) is 29.8 Å². The number of carboxylic acids is 1. The summed E-state index contributed by atoms with van der Waals surface area (Å²) in [6.45, 7) is 5.13. The van der Waals surface area contributed by atoms with Gasteiger partial charge in [0.05, 0.1) is 0 Å². The van der Waals surface area contributed by atoms with Crippen molar-refractivity contribution in [3.8, 4) is 0 Å². The largest absolute Gasteiger partial charge is 0.480 e. The molecule has 1 heterocycles. The Morgan fingerprint density at radius 3 is 2.23 bits per heavy atom. The minimum atomic E-state index is -3.76. The van der Waals surface area contributed by atoms with E-state index in [1.807, 2.05) is 31.2 Å². The summed E-state index contributed by atoms with van der Waals surface area (Å²) < 4.78 is 27.7. The summed E-state index contributed by atoms with van der Waals surface area (Å²) in [5.41, 5.74) is 2.24. The van der Waals surface area contributed by atoms with Gasteiger partial charge in [-0.1, -0.05) is 17.7 Å². The van der Waals surface area contributed by atoms with E-state index in [0.29, 0.717) is 26.2 Å². The van der Waals surface area contributed by atoms with Gasteiger partial charge in [-0.2, -0.15) is 17.4 Å². The van der Waals surface area contributed by atoms with Gasteiger partial charge in [0.2, 0.25) is 0 Å². The van der Waals surface area contributed by atoms with Gasteiger partial charge in [-0.3, -0.25) is 4.79 Å². The molecule has 0 spiro atoms. The maximum absolute atomic E-state index is 12.1. The molecule has 0 aliphatic carbocycles. The molecule has 0 aromatic heterocycles. The Morgan fingerprint density at radius 1 is 1.18 bits per heavy atom. The van der Waals surface area contributed by atoms with Crippen LogP contribution in [0.2, 0.25) is 0 Å². The molecule has 1 saturated heterocycles. The van der Waals surface area contributed by atoms with Crippen LogP contribution in [-0.4, -0.2) is 56.0 Å². The number of hydrogen-bond donors (Lipinski definition) is 2. The lowest BCUT2D eigenvalue weighted by atomic mass is 10.2. The quantitative estimate of drug-likeness (QED) is 0.818. The molecule has 0 saturated carbocycles. The van der Waals surface area contributed by atoms with Crippen molar-refractivity contribution < 1.29 is 18.3 Å². The van der Waals surface area contributed by atoms with Gasteiger partial charge in [0.25, 0.3) is 10.2 Å². The summed E-state index contributed by atoms with van der Waals surface area (Å²) in [5, 5.41) is 8.80. The molecule has 1 aromatic rings. The Bertz CT molecular complexity index is 622. The number of aryl methyl sites for hydroxylation is 1. The van der Waals surface area contributed by atoms with E-state index in [2.05, 4.69) is 9.62 Å². The molecular weight excluding hydrogens is 306 g/mol. The lowest BCUT2D eigenvalue weighted by Crippen LogP contribution is -2.54. The highest BCUT2D eigenvalue weighted by Crippen LogP contribution is 2.18. The van der Waals surface area contributed by atoms with E-state index in [0.717, 1.165) is 5.69 Å². The molecule has 2 rings (SSSR count). The van der Waals surface area contributed by atoms with Gasteiger partial charge in [0.15, 0.2) is 0 Å². The fourth-order valence-electron chi connectivity index (χ4n) is 2.29. The number of rotatable bonds is 5. The highest BCUT2D eigenvalue weighted by Gasteiger charge is 2.29. The lowest BCUT2D eigenvalue weighted by molar-refractivity contribution is -0.138. The summed E-state index contributed by atoms with van der Waals surface area (Å²) >= 11 is 0. The first-order chi connectivity index (χ1) is 10.3. The second kappa shape index (κ2) is 6.64.